The molecule has 3 rings (SSSR count). The number of rotatable bonds is 8. The first-order valence-corrected chi connectivity index (χ1v) is 8.75. The molecule has 2 aromatic rings. The molecule has 1 aliphatic rings. The van der Waals surface area contributed by atoms with E-state index >= 15 is 0 Å². The van der Waals surface area contributed by atoms with Crippen LogP contribution in [0.25, 0.3) is 0 Å². The lowest BCUT2D eigenvalue weighted by Gasteiger charge is -2.24. The van der Waals surface area contributed by atoms with Crippen LogP contribution in [-0.4, -0.2) is 32.4 Å². The van der Waals surface area contributed by atoms with Gasteiger partial charge < -0.3 is 19.7 Å². The second kappa shape index (κ2) is 8.62. The number of para-hydroxylation sites is 1. The molecule has 1 aromatic carbocycles. The van der Waals surface area contributed by atoms with Crippen molar-refractivity contribution < 1.29 is 14.6 Å². The Morgan fingerprint density at radius 2 is 2.04 bits per heavy atom. The van der Waals surface area contributed by atoms with E-state index in [9.17, 15) is 4.79 Å². The van der Waals surface area contributed by atoms with Gasteiger partial charge in [0, 0.05) is 18.2 Å². The zero-order chi connectivity index (χ0) is 17.5. The molecule has 0 aliphatic heterocycles. The van der Waals surface area contributed by atoms with Gasteiger partial charge in [0.2, 0.25) is 0 Å². The van der Waals surface area contributed by atoms with Gasteiger partial charge in [0.1, 0.15) is 17.9 Å². The molecule has 1 saturated carbocycles. The van der Waals surface area contributed by atoms with E-state index in [1.165, 1.54) is 32.1 Å². The third-order valence-corrected chi connectivity index (χ3v) is 4.54. The Balaban J connectivity index is 1.57. The summed E-state index contributed by atoms with van der Waals surface area (Å²) in [4.78, 5) is 10.7. The number of benzene rings is 1. The molecule has 1 fully saturated rings. The number of aliphatic carboxylic acids is 1. The van der Waals surface area contributed by atoms with E-state index in [2.05, 4.69) is 20.1 Å². The molecule has 0 spiro atoms. The van der Waals surface area contributed by atoms with Crippen LogP contribution in [0, 0.1) is 0 Å². The summed E-state index contributed by atoms with van der Waals surface area (Å²) in [6, 6.07) is 7.96. The molecule has 0 unspecified atom stereocenters. The molecular formula is C18H24N4O3. The highest BCUT2D eigenvalue weighted by molar-refractivity contribution is 5.68. The normalized spacial score (nSPS) is 15.2. The summed E-state index contributed by atoms with van der Waals surface area (Å²) >= 11 is 0. The molecule has 0 atom stereocenters. The predicted octanol–water partition coefficient (Wildman–Crippen LogP) is 2.54. The fourth-order valence-electron chi connectivity index (χ4n) is 3.30. The Morgan fingerprint density at radius 1 is 1.24 bits per heavy atom. The Hall–Kier alpha value is -2.41. The van der Waals surface area contributed by atoms with E-state index < -0.39 is 5.97 Å². The maximum atomic E-state index is 10.7. The number of ether oxygens (including phenoxy) is 1. The van der Waals surface area contributed by atoms with Gasteiger partial charge in [-0.3, -0.25) is 0 Å². The van der Waals surface area contributed by atoms with Crippen LogP contribution in [0.1, 0.15) is 49.5 Å². The highest BCUT2D eigenvalue weighted by Gasteiger charge is 2.18. The number of carboxylic acids is 1. The van der Waals surface area contributed by atoms with Crippen molar-refractivity contribution >= 4 is 5.97 Å². The van der Waals surface area contributed by atoms with Crippen molar-refractivity contribution in [3.05, 3.63) is 42.0 Å². The van der Waals surface area contributed by atoms with Gasteiger partial charge in [-0.25, -0.2) is 4.79 Å². The average molecular weight is 344 g/mol. The van der Waals surface area contributed by atoms with Gasteiger partial charge in [0.05, 0.1) is 6.54 Å². The number of nitrogens with one attached hydrogen (secondary N) is 1. The summed E-state index contributed by atoms with van der Waals surface area (Å²) in [7, 11) is 0. The smallest absolute Gasteiger partial charge is 0.341 e. The lowest BCUT2D eigenvalue weighted by Crippen LogP contribution is -2.21. The molecular weight excluding hydrogens is 320 g/mol. The van der Waals surface area contributed by atoms with Gasteiger partial charge in [-0.2, -0.15) is 0 Å². The van der Waals surface area contributed by atoms with E-state index in [1.54, 1.807) is 6.07 Å². The number of hydrogen-bond donors (Lipinski definition) is 2. The van der Waals surface area contributed by atoms with Crippen LogP contribution in [0.5, 0.6) is 5.75 Å². The summed E-state index contributed by atoms with van der Waals surface area (Å²) in [5.74, 6) is 0.547. The molecule has 0 bridgehead atoms. The quantitative estimate of drug-likeness (QED) is 0.765. The third kappa shape index (κ3) is 4.79. The first-order chi connectivity index (χ1) is 12.2. The monoisotopic (exact) mass is 344 g/mol. The minimum Gasteiger partial charge on any atom is -0.482 e. The van der Waals surface area contributed by atoms with Crippen LogP contribution in [0.3, 0.4) is 0 Å². The van der Waals surface area contributed by atoms with E-state index in [4.69, 9.17) is 9.84 Å². The summed E-state index contributed by atoms with van der Waals surface area (Å²) in [5.41, 5.74) is 0.924. The van der Waals surface area contributed by atoms with E-state index in [1.807, 2.05) is 24.5 Å². The van der Waals surface area contributed by atoms with Crippen LogP contribution in [-0.2, 0) is 17.9 Å². The zero-order valence-electron chi connectivity index (χ0n) is 14.2. The van der Waals surface area contributed by atoms with E-state index in [0.29, 0.717) is 24.9 Å². The van der Waals surface area contributed by atoms with Gasteiger partial charge in [-0.05, 0) is 18.9 Å². The molecule has 1 heterocycles. The van der Waals surface area contributed by atoms with Gasteiger partial charge in [-0.15, -0.1) is 10.2 Å². The summed E-state index contributed by atoms with van der Waals surface area (Å²) < 4.78 is 7.53. The number of hydrogen-bond acceptors (Lipinski definition) is 5. The van der Waals surface area contributed by atoms with Crippen molar-refractivity contribution in [2.24, 2.45) is 0 Å². The van der Waals surface area contributed by atoms with Crippen LogP contribution in [0.4, 0.5) is 0 Å². The summed E-state index contributed by atoms with van der Waals surface area (Å²) in [6.45, 7) is 0.851. The van der Waals surface area contributed by atoms with Crippen LogP contribution >= 0.6 is 0 Å². The Bertz CT molecular complexity index is 695. The minimum atomic E-state index is -0.983. The second-order valence-electron chi connectivity index (χ2n) is 6.34. The minimum absolute atomic E-state index is 0.340. The molecule has 2 N–H and O–H groups in total. The van der Waals surface area contributed by atoms with Gasteiger partial charge in [0.15, 0.2) is 6.61 Å². The summed E-state index contributed by atoms with van der Waals surface area (Å²) in [6.07, 6.45) is 8.07. The van der Waals surface area contributed by atoms with E-state index in [-0.39, 0.29) is 6.61 Å². The summed E-state index contributed by atoms with van der Waals surface area (Å²) in [5, 5.41) is 20.4. The van der Waals surface area contributed by atoms with Gasteiger partial charge >= 0.3 is 5.97 Å². The molecule has 7 heteroatoms. The van der Waals surface area contributed by atoms with Crippen LogP contribution in [0.2, 0.25) is 0 Å². The Kier molecular flexibility index (Phi) is 6.00. The van der Waals surface area contributed by atoms with Gasteiger partial charge in [-0.1, -0.05) is 37.5 Å². The lowest BCUT2D eigenvalue weighted by atomic mass is 9.95. The van der Waals surface area contributed by atoms with Crippen molar-refractivity contribution in [1.29, 1.82) is 0 Å². The van der Waals surface area contributed by atoms with Crippen LogP contribution in [0.15, 0.2) is 30.6 Å². The fraction of sp³-hybridized carbons (Fsp3) is 0.500. The van der Waals surface area contributed by atoms with Crippen molar-refractivity contribution in [3.63, 3.8) is 0 Å². The lowest BCUT2D eigenvalue weighted by molar-refractivity contribution is -0.139. The molecule has 1 aromatic heterocycles. The largest absolute Gasteiger partial charge is 0.482 e. The van der Waals surface area contributed by atoms with Crippen LogP contribution < -0.4 is 10.1 Å². The van der Waals surface area contributed by atoms with Gasteiger partial charge in [0.25, 0.3) is 0 Å². The topological polar surface area (TPSA) is 89.3 Å². The van der Waals surface area contributed by atoms with E-state index in [0.717, 1.165) is 11.4 Å². The van der Waals surface area contributed by atoms with Crippen molar-refractivity contribution in [3.8, 4) is 5.75 Å². The highest BCUT2D eigenvalue weighted by atomic mass is 16.5. The Morgan fingerprint density at radius 3 is 2.84 bits per heavy atom. The zero-order valence-corrected chi connectivity index (χ0v) is 14.2. The fourth-order valence-corrected chi connectivity index (χ4v) is 3.30. The molecule has 25 heavy (non-hydrogen) atoms. The second-order valence-corrected chi connectivity index (χ2v) is 6.34. The van der Waals surface area contributed by atoms with Crippen molar-refractivity contribution in [1.82, 2.24) is 20.1 Å². The third-order valence-electron chi connectivity index (χ3n) is 4.54. The number of carbonyl (C=O) groups is 1. The maximum absolute atomic E-state index is 10.7. The standard InChI is InChI=1S/C18H24N4O3/c23-18(24)12-25-16-9-5-4-6-14(16)10-19-11-17-21-20-13-22(17)15-7-2-1-3-8-15/h4-6,9,13,15,19H,1-3,7-8,10-12H2,(H,23,24). The van der Waals surface area contributed by atoms with Crippen molar-refractivity contribution in [2.45, 2.75) is 51.2 Å². The average Bonchev–Trinajstić information content (AvgIpc) is 3.10. The molecule has 0 radical (unpaired) electrons. The number of nitrogens with zero attached hydrogens (tertiary/aromatic N) is 3. The molecule has 1 aliphatic carbocycles. The maximum Gasteiger partial charge on any atom is 0.341 e. The predicted molar refractivity (Wildman–Crippen MR) is 92.3 cm³/mol. The molecule has 0 amide bonds. The first kappa shape index (κ1) is 17.4. The SMILES string of the molecule is O=C(O)COc1ccccc1CNCc1nncn1C1CCCCC1. The molecule has 0 saturated heterocycles. The first-order valence-electron chi connectivity index (χ1n) is 8.75. The number of carboxylic acid groups (broad SMARTS) is 1. The Labute approximate surface area is 147 Å². The molecule has 134 valence electrons. The highest BCUT2D eigenvalue weighted by Crippen LogP contribution is 2.28. The molecule has 7 nitrogen and oxygen atoms in total. The van der Waals surface area contributed by atoms with Crippen molar-refractivity contribution in [2.75, 3.05) is 6.61 Å². The number of aromatic nitrogens is 3.